The molecule has 0 bridgehead atoms. The van der Waals surface area contributed by atoms with Gasteiger partial charge in [-0.1, -0.05) is 84.1 Å². The average molecular weight is 369 g/mol. The molecule has 0 aliphatic heterocycles. The second-order valence-electron chi connectivity index (χ2n) is 7.25. The Morgan fingerprint density at radius 1 is 0.808 bits per heavy atom. The molecular formula is C23H44O3. The molecule has 3 heteroatoms. The van der Waals surface area contributed by atoms with Crippen LogP contribution in [-0.4, -0.2) is 25.3 Å². The lowest BCUT2D eigenvalue weighted by molar-refractivity contribution is -0.143. The number of carbonyl (C=O) groups excluding carboxylic acids is 1. The van der Waals surface area contributed by atoms with E-state index in [0.29, 0.717) is 0 Å². The van der Waals surface area contributed by atoms with Crippen molar-refractivity contribution in [2.45, 2.75) is 116 Å². The van der Waals surface area contributed by atoms with E-state index in [1.807, 2.05) is 0 Å². The fourth-order valence-corrected chi connectivity index (χ4v) is 3.22. The molecule has 0 aromatic rings. The minimum atomic E-state index is -0.289. The van der Waals surface area contributed by atoms with E-state index in [4.69, 9.17) is 9.47 Å². The van der Waals surface area contributed by atoms with Crippen molar-refractivity contribution in [1.29, 1.82) is 0 Å². The van der Waals surface area contributed by atoms with Crippen molar-refractivity contribution in [3.8, 4) is 0 Å². The first-order valence-electron chi connectivity index (χ1n) is 11.1. The van der Waals surface area contributed by atoms with Crippen LogP contribution < -0.4 is 0 Å². The van der Waals surface area contributed by atoms with E-state index in [2.05, 4.69) is 20.4 Å². The quantitative estimate of drug-likeness (QED) is 0.132. The first kappa shape index (κ1) is 25.2. The predicted molar refractivity (Wildman–Crippen MR) is 111 cm³/mol. The molecule has 3 nitrogen and oxygen atoms in total. The van der Waals surface area contributed by atoms with Crippen LogP contribution in [0.15, 0.2) is 12.7 Å². The van der Waals surface area contributed by atoms with Gasteiger partial charge in [-0.2, -0.15) is 0 Å². The summed E-state index contributed by atoms with van der Waals surface area (Å²) in [6.07, 6.45) is 20.5. The van der Waals surface area contributed by atoms with Crippen LogP contribution >= 0.6 is 0 Å². The highest BCUT2D eigenvalue weighted by molar-refractivity contribution is 5.81. The van der Waals surface area contributed by atoms with Crippen LogP contribution in [0, 0.1) is 0 Å². The maximum atomic E-state index is 11.2. The third kappa shape index (κ3) is 18.0. The lowest BCUT2D eigenvalue weighted by atomic mass is 10.0. The van der Waals surface area contributed by atoms with E-state index in [0.717, 1.165) is 32.5 Å². The highest BCUT2D eigenvalue weighted by Crippen LogP contribution is 2.15. The summed E-state index contributed by atoms with van der Waals surface area (Å²) in [5, 5.41) is 0. The van der Waals surface area contributed by atoms with E-state index in [1.165, 1.54) is 83.1 Å². The van der Waals surface area contributed by atoms with Crippen LogP contribution in [0.2, 0.25) is 0 Å². The molecule has 0 aliphatic rings. The first-order chi connectivity index (χ1) is 12.7. The molecule has 0 N–H and O–H groups in total. The maximum absolute atomic E-state index is 11.2. The lowest BCUT2D eigenvalue weighted by Gasteiger charge is -2.14. The van der Waals surface area contributed by atoms with Crippen molar-refractivity contribution in [3.63, 3.8) is 0 Å². The van der Waals surface area contributed by atoms with Gasteiger partial charge in [-0.05, 0) is 32.6 Å². The number of hydrogen-bond acceptors (Lipinski definition) is 3. The summed E-state index contributed by atoms with van der Waals surface area (Å²) < 4.78 is 10.7. The number of unbranched alkanes of at least 4 members (excludes halogenated alkanes) is 12. The van der Waals surface area contributed by atoms with Crippen LogP contribution in [0.3, 0.4) is 0 Å². The molecule has 0 aromatic heterocycles. The lowest BCUT2D eigenvalue weighted by Crippen LogP contribution is -2.15. The van der Waals surface area contributed by atoms with Gasteiger partial charge in [0.25, 0.3) is 0 Å². The third-order valence-corrected chi connectivity index (χ3v) is 4.92. The number of ether oxygens (including phenoxy) is 2. The van der Waals surface area contributed by atoms with Gasteiger partial charge in [0.1, 0.15) is 6.10 Å². The topological polar surface area (TPSA) is 35.5 Å². The van der Waals surface area contributed by atoms with E-state index < -0.39 is 0 Å². The normalized spacial score (nSPS) is 12.1. The molecular weight excluding hydrogens is 324 g/mol. The smallest absolute Gasteiger partial charge is 0.330 e. The van der Waals surface area contributed by atoms with Gasteiger partial charge in [0.05, 0.1) is 0 Å². The zero-order valence-corrected chi connectivity index (χ0v) is 17.6. The van der Waals surface area contributed by atoms with Crippen molar-refractivity contribution >= 4 is 5.97 Å². The second-order valence-corrected chi connectivity index (χ2v) is 7.25. The summed E-state index contributed by atoms with van der Waals surface area (Å²) in [4.78, 5) is 11.2. The summed E-state index contributed by atoms with van der Waals surface area (Å²) in [5.41, 5.74) is 0. The molecule has 0 heterocycles. The number of hydrogen-bond donors (Lipinski definition) is 0. The summed E-state index contributed by atoms with van der Waals surface area (Å²) in [6.45, 7) is 9.37. The molecule has 154 valence electrons. The molecule has 0 aromatic carbocycles. The third-order valence-electron chi connectivity index (χ3n) is 4.92. The fourth-order valence-electron chi connectivity index (χ4n) is 3.22. The summed E-state index contributed by atoms with van der Waals surface area (Å²) in [6, 6.07) is 0. The van der Waals surface area contributed by atoms with Crippen molar-refractivity contribution in [3.05, 3.63) is 12.7 Å². The van der Waals surface area contributed by atoms with Gasteiger partial charge >= 0.3 is 5.97 Å². The van der Waals surface area contributed by atoms with E-state index in [-0.39, 0.29) is 12.1 Å². The van der Waals surface area contributed by atoms with E-state index >= 15 is 0 Å². The Hall–Kier alpha value is -0.830. The summed E-state index contributed by atoms with van der Waals surface area (Å²) in [7, 11) is 0. The fraction of sp³-hybridized carbons (Fsp3) is 0.870. The minimum absolute atomic E-state index is 0.0691. The molecule has 0 radical (unpaired) electrons. The molecule has 0 saturated heterocycles. The highest BCUT2D eigenvalue weighted by atomic mass is 16.5. The number of esters is 1. The molecule has 0 saturated carbocycles. The Balaban J connectivity index is 3.21. The summed E-state index contributed by atoms with van der Waals surface area (Å²) >= 11 is 0. The average Bonchev–Trinajstić information content (AvgIpc) is 2.66. The monoisotopic (exact) mass is 368 g/mol. The molecule has 0 spiro atoms. The van der Waals surface area contributed by atoms with Gasteiger partial charge in [0.2, 0.25) is 0 Å². The molecule has 26 heavy (non-hydrogen) atoms. The van der Waals surface area contributed by atoms with Crippen molar-refractivity contribution in [2.24, 2.45) is 0 Å². The van der Waals surface area contributed by atoms with Crippen molar-refractivity contribution < 1.29 is 14.3 Å². The van der Waals surface area contributed by atoms with Crippen LogP contribution in [0.1, 0.15) is 110 Å². The Labute approximate surface area is 162 Å². The summed E-state index contributed by atoms with van der Waals surface area (Å²) in [5.74, 6) is -0.289. The Bertz CT molecular complexity index is 315. The van der Waals surface area contributed by atoms with Crippen LogP contribution in [0.4, 0.5) is 0 Å². The molecule has 1 unspecified atom stereocenters. The van der Waals surface area contributed by atoms with Gasteiger partial charge in [-0.25, -0.2) is 4.79 Å². The Kier molecular flexibility index (Phi) is 19.8. The molecule has 1 atom stereocenters. The van der Waals surface area contributed by atoms with Crippen molar-refractivity contribution in [1.82, 2.24) is 0 Å². The number of rotatable bonds is 20. The zero-order chi connectivity index (χ0) is 19.3. The Morgan fingerprint density at radius 3 is 1.69 bits per heavy atom. The van der Waals surface area contributed by atoms with E-state index in [9.17, 15) is 4.79 Å². The van der Waals surface area contributed by atoms with Crippen molar-refractivity contribution in [2.75, 3.05) is 13.2 Å². The highest BCUT2D eigenvalue weighted by Gasteiger charge is 2.09. The first-order valence-corrected chi connectivity index (χ1v) is 11.1. The van der Waals surface area contributed by atoms with Gasteiger partial charge in [-0.3, -0.25) is 0 Å². The standard InChI is InChI=1S/C23H44O3/c1-4-22(26-23(24)5-2)20-18-16-14-12-10-8-7-9-11-13-15-17-19-21-25-6-3/h5,22H,2,4,6-21H2,1,3H3. The number of carbonyl (C=O) groups is 1. The SMILES string of the molecule is C=CC(=O)OC(CC)CCCCCCCCCCCCCCCOCC. The van der Waals surface area contributed by atoms with Gasteiger partial charge in [0, 0.05) is 19.3 Å². The minimum Gasteiger partial charge on any atom is -0.459 e. The predicted octanol–water partition coefficient (Wildman–Crippen LogP) is 6.99. The zero-order valence-electron chi connectivity index (χ0n) is 17.6. The molecule has 0 rings (SSSR count). The molecule has 0 amide bonds. The van der Waals surface area contributed by atoms with Gasteiger partial charge in [-0.15, -0.1) is 0 Å². The largest absolute Gasteiger partial charge is 0.459 e. The maximum Gasteiger partial charge on any atom is 0.330 e. The Morgan fingerprint density at radius 2 is 1.27 bits per heavy atom. The van der Waals surface area contributed by atoms with Crippen LogP contribution in [-0.2, 0) is 14.3 Å². The van der Waals surface area contributed by atoms with Crippen LogP contribution in [0.25, 0.3) is 0 Å². The molecule has 0 fully saturated rings. The van der Waals surface area contributed by atoms with E-state index in [1.54, 1.807) is 0 Å². The van der Waals surface area contributed by atoms with Crippen LogP contribution in [0.5, 0.6) is 0 Å². The second kappa shape index (κ2) is 20.5. The molecule has 0 aliphatic carbocycles. The van der Waals surface area contributed by atoms with Gasteiger partial charge in [0.15, 0.2) is 0 Å². The van der Waals surface area contributed by atoms with Gasteiger partial charge < -0.3 is 9.47 Å².